The van der Waals surface area contributed by atoms with E-state index in [1.165, 1.54) is 0 Å². The Morgan fingerprint density at radius 3 is 2.60 bits per heavy atom. The first-order valence-corrected chi connectivity index (χ1v) is 7.23. The van der Waals surface area contributed by atoms with E-state index in [1.807, 2.05) is 42.5 Å². The smallest absolute Gasteiger partial charge is 0.162 e. The Balaban J connectivity index is 1.90. The zero-order valence-electron chi connectivity index (χ0n) is 11.1. The van der Waals surface area contributed by atoms with Crippen molar-refractivity contribution in [1.29, 1.82) is 0 Å². The largest absolute Gasteiger partial charge is 0.486 e. The molecule has 2 aromatic carbocycles. The number of carbonyl (C=O) groups is 1. The normalized spacial score (nSPS) is 13.1. The Morgan fingerprint density at radius 2 is 1.80 bits per heavy atom. The number of benzene rings is 2. The Kier molecular flexibility index (Phi) is 3.65. The molecule has 0 bridgehead atoms. The average Bonchev–Trinajstić information content (AvgIpc) is 2.47. The van der Waals surface area contributed by atoms with Crippen molar-refractivity contribution in [3.05, 3.63) is 48.0 Å². The number of rotatable bonds is 3. The lowest BCUT2D eigenvalue weighted by atomic mass is 10.1. The van der Waals surface area contributed by atoms with E-state index in [1.54, 1.807) is 18.7 Å². The molecule has 3 nitrogen and oxygen atoms in total. The molecule has 4 heteroatoms. The summed E-state index contributed by atoms with van der Waals surface area (Å²) < 4.78 is 11.1. The zero-order valence-corrected chi connectivity index (χ0v) is 11.9. The molecule has 2 aromatic rings. The molecule has 0 fully saturated rings. The maximum Gasteiger partial charge on any atom is 0.162 e. The third-order valence-corrected chi connectivity index (χ3v) is 4.07. The maximum atomic E-state index is 11.6. The summed E-state index contributed by atoms with van der Waals surface area (Å²) in [4.78, 5) is 13.6. The molecule has 0 amide bonds. The van der Waals surface area contributed by atoms with Gasteiger partial charge in [-0.2, -0.15) is 0 Å². The number of Topliss-reactive ketones (excluding diaryl/α,β-unsaturated/α-hetero) is 1. The summed E-state index contributed by atoms with van der Waals surface area (Å²) in [5.74, 6) is 1.62. The van der Waals surface area contributed by atoms with Crippen molar-refractivity contribution >= 4 is 17.5 Å². The second kappa shape index (κ2) is 5.59. The van der Waals surface area contributed by atoms with Gasteiger partial charge in [-0.1, -0.05) is 30.0 Å². The van der Waals surface area contributed by atoms with Crippen LogP contribution in [0.1, 0.15) is 17.3 Å². The van der Waals surface area contributed by atoms with Crippen molar-refractivity contribution in [1.82, 2.24) is 0 Å². The van der Waals surface area contributed by atoms with E-state index >= 15 is 0 Å². The monoisotopic (exact) mass is 286 g/mol. The first-order chi connectivity index (χ1) is 9.74. The van der Waals surface area contributed by atoms with Gasteiger partial charge in [-0.15, -0.1) is 0 Å². The SMILES string of the molecule is CC(=O)c1ccccc1Sc1ccc2c(c1)OCCO2. The minimum absolute atomic E-state index is 0.0747. The molecule has 0 unspecified atom stereocenters. The summed E-state index contributed by atoms with van der Waals surface area (Å²) in [6.07, 6.45) is 0. The van der Waals surface area contributed by atoms with Crippen LogP contribution in [-0.2, 0) is 0 Å². The van der Waals surface area contributed by atoms with Gasteiger partial charge in [0, 0.05) is 15.4 Å². The van der Waals surface area contributed by atoms with Gasteiger partial charge in [0.1, 0.15) is 13.2 Å². The van der Waals surface area contributed by atoms with Gasteiger partial charge in [0.15, 0.2) is 17.3 Å². The van der Waals surface area contributed by atoms with Crippen LogP contribution < -0.4 is 9.47 Å². The van der Waals surface area contributed by atoms with Gasteiger partial charge in [0.05, 0.1) is 0 Å². The minimum Gasteiger partial charge on any atom is -0.486 e. The summed E-state index contributed by atoms with van der Waals surface area (Å²) >= 11 is 1.56. The first-order valence-electron chi connectivity index (χ1n) is 6.41. The molecule has 102 valence electrons. The Bertz CT molecular complexity index is 652. The quantitative estimate of drug-likeness (QED) is 0.804. The molecule has 0 saturated heterocycles. The zero-order chi connectivity index (χ0) is 13.9. The van der Waals surface area contributed by atoms with Gasteiger partial charge in [-0.05, 0) is 31.2 Å². The number of ketones is 1. The topological polar surface area (TPSA) is 35.5 Å². The average molecular weight is 286 g/mol. The predicted molar refractivity (Wildman–Crippen MR) is 78.0 cm³/mol. The molecule has 3 rings (SSSR count). The fourth-order valence-electron chi connectivity index (χ4n) is 2.06. The van der Waals surface area contributed by atoms with E-state index in [-0.39, 0.29) is 5.78 Å². The first kappa shape index (κ1) is 13.1. The molecular formula is C16H14O3S. The standard InChI is InChI=1S/C16H14O3S/c1-11(17)13-4-2-3-5-16(13)20-12-6-7-14-15(10-12)19-9-8-18-14/h2-7,10H,8-9H2,1H3. The molecule has 0 saturated carbocycles. The Labute approximate surface area is 121 Å². The lowest BCUT2D eigenvalue weighted by Crippen LogP contribution is -2.15. The second-order valence-electron chi connectivity index (χ2n) is 4.46. The van der Waals surface area contributed by atoms with Crippen LogP contribution in [0.5, 0.6) is 11.5 Å². The van der Waals surface area contributed by atoms with Crippen molar-refractivity contribution in [3.8, 4) is 11.5 Å². The van der Waals surface area contributed by atoms with Crippen molar-refractivity contribution in [2.45, 2.75) is 16.7 Å². The summed E-state index contributed by atoms with van der Waals surface area (Å²) in [6.45, 7) is 2.75. The van der Waals surface area contributed by atoms with E-state index in [4.69, 9.17) is 9.47 Å². The van der Waals surface area contributed by atoms with Crippen LogP contribution >= 0.6 is 11.8 Å². The van der Waals surface area contributed by atoms with Gasteiger partial charge in [0.2, 0.25) is 0 Å². The minimum atomic E-state index is 0.0747. The fraction of sp³-hybridized carbons (Fsp3) is 0.188. The highest BCUT2D eigenvalue weighted by Crippen LogP contribution is 2.37. The molecule has 0 aromatic heterocycles. The fourth-order valence-corrected chi connectivity index (χ4v) is 3.08. The van der Waals surface area contributed by atoms with Crippen molar-refractivity contribution in [2.75, 3.05) is 13.2 Å². The van der Waals surface area contributed by atoms with Crippen LogP contribution in [-0.4, -0.2) is 19.0 Å². The second-order valence-corrected chi connectivity index (χ2v) is 5.58. The molecule has 20 heavy (non-hydrogen) atoms. The Morgan fingerprint density at radius 1 is 1.05 bits per heavy atom. The molecule has 1 aliphatic rings. The highest BCUT2D eigenvalue weighted by atomic mass is 32.2. The van der Waals surface area contributed by atoms with Crippen molar-refractivity contribution in [2.24, 2.45) is 0 Å². The number of fused-ring (bicyclic) bond motifs is 1. The maximum absolute atomic E-state index is 11.6. The van der Waals surface area contributed by atoms with E-state index in [0.717, 1.165) is 26.9 Å². The van der Waals surface area contributed by atoms with Crippen molar-refractivity contribution < 1.29 is 14.3 Å². The van der Waals surface area contributed by atoms with Gasteiger partial charge in [0.25, 0.3) is 0 Å². The van der Waals surface area contributed by atoms with Crippen LogP contribution in [0.15, 0.2) is 52.3 Å². The molecule has 0 atom stereocenters. The van der Waals surface area contributed by atoms with Crippen molar-refractivity contribution in [3.63, 3.8) is 0 Å². The predicted octanol–water partition coefficient (Wildman–Crippen LogP) is 3.81. The molecule has 0 N–H and O–H groups in total. The lowest BCUT2D eigenvalue weighted by molar-refractivity contribution is 0.101. The number of hydrogen-bond donors (Lipinski definition) is 0. The Hall–Kier alpha value is -1.94. The highest BCUT2D eigenvalue weighted by Gasteiger charge is 2.13. The van der Waals surface area contributed by atoms with Gasteiger partial charge in [-0.25, -0.2) is 0 Å². The van der Waals surface area contributed by atoms with E-state index in [9.17, 15) is 4.79 Å². The third kappa shape index (κ3) is 2.65. The molecule has 1 heterocycles. The van der Waals surface area contributed by atoms with E-state index in [2.05, 4.69) is 0 Å². The van der Waals surface area contributed by atoms with Crippen LogP contribution in [0.25, 0.3) is 0 Å². The summed E-state index contributed by atoms with van der Waals surface area (Å²) in [5.41, 5.74) is 0.743. The summed E-state index contributed by atoms with van der Waals surface area (Å²) in [5, 5.41) is 0. The highest BCUT2D eigenvalue weighted by molar-refractivity contribution is 7.99. The molecular weight excluding hydrogens is 272 g/mol. The van der Waals surface area contributed by atoms with E-state index < -0.39 is 0 Å². The molecule has 0 radical (unpaired) electrons. The molecule has 0 aliphatic carbocycles. The summed E-state index contributed by atoms with van der Waals surface area (Å²) in [7, 11) is 0. The van der Waals surface area contributed by atoms with E-state index in [0.29, 0.717) is 13.2 Å². The number of ether oxygens (including phenoxy) is 2. The van der Waals surface area contributed by atoms with Crippen LogP contribution in [0.2, 0.25) is 0 Å². The third-order valence-electron chi connectivity index (χ3n) is 3.01. The lowest BCUT2D eigenvalue weighted by Gasteiger charge is -2.18. The van der Waals surface area contributed by atoms with Crippen LogP contribution in [0, 0.1) is 0 Å². The molecule has 0 spiro atoms. The summed E-state index contributed by atoms with van der Waals surface area (Å²) in [6, 6.07) is 13.5. The number of hydrogen-bond acceptors (Lipinski definition) is 4. The van der Waals surface area contributed by atoms with Crippen LogP contribution in [0.3, 0.4) is 0 Å². The van der Waals surface area contributed by atoms with Gasteiger partial charge in [-0.3, -0.25) is 4.79 Å². The number of carbonyl (C=O) groups excluding carboxylic acids is 1. The van der Waals surface area contributed by atoms with Gasteiger partial charge < -0.3 is 9.47 Å². The molecule has 1 aliphatic heterocycles. The van der Waals surface area contributed by atoms with Gasteiger partial charge >= 0.3 is 0 Å². The van der Waals surface area contributed by atoms with Crippen LogP contribution in [0.4, 0.5) is 0 Å².